The maximum Gasteiger partial charge on any atom is 0.305 e. The Morgan fingerprint density at radius 2 is 1.69 bits per heavy atom. The molecule has 0 aromatic carbocycles. The van der Waals surface area contributed by atoms with E-state index in [1.807, 2.05) is 6.26 Å². The Bertz CT molecular complexity index is 1030. The van der Waals surface area contributed by atoms with Gasteiger partial charge in [-0.15, -0.1) is 0 Å². The van der Waals surface area contributed by atoms with Crippen molar-refractivity contribution in [1.82, 2.24) is 0 Å². The number of esters is 1. The summed E-state index contributed by atoms with van der Waals surface area (Å²) in [6.07, 6.45) is 32.2. The van der Waals surface area contributed by atoms with E-state index < -0.39 is 5.60 Å². The molecule has 0 unspecified atom stereocenters. The van der Waals surface area contributed by atoms with Gasteiger partial charge in [0.2, 0.25) is 0 Å². The lowest BCUT2D eigenvalue weighted by Gasteiger charge is -2.59. The molecule has 0 amide bonds. The van der Waals surface area contributed by atoms with E-state index in [9.17, 15) is 9.90 Å². The largest absolute Gasteiger partial charge is 0.469 e. The van der Waals surface area contributed by atoms with Crippen molar-refractivity contribution < 1.29 is 19.1 Å². The molecule has 1 aromatic rings. The van der Waals surface area contributed by atoms with Crippen LogP contribution in [0.3, 0.4) is 0 Å². The van der Waals surface area contributed by atoms with Crippen LogP contribution >= 0.6 is 0 Å². The first kappa shape index (κ1) is 31.9. The first-order valence-electron chi connectivity index (χ1n) is 18.0. The molecule has 236 valence electrons. The Morgan fingerprint density at radius 3 is 2.45 bits per heavy atom. The second kappa shape index (κ2) is 14.5. The van der Waals surface area contributed by atoms with Gasteiger partial charge in [-0.2, -0.15) is 0 Å². The van der Waals surface area contributed by atoms with E-state index >= 15 is 0 Å². The summed E-state index contributed by atoms with van der Waals surface area (Å²) in [6, 6.07) is 2.22. The summed E-state index contributed by atoms with van der Waals surface area (Å²) in [5, 5.41) is 11.9. The summed E-state index contributed by atoms with van der Waals surface area (Å²) in [4.78, 5) is 12.6. The van der Waals surface area contributed by atoms with Gasteiger partial charge in [0.25, 0.3) is 0 Å². The molecule has 1 heterocycles. The van der Waals surface area contributed by atoms with Gasteiger partial charge in [-0.1, -0.05) is 77.4 Å². The van der Waals surface area contributed by atoms with Crippen molar-refractivity contribution in [2.75, 3.05) is 6.61 Å². The van der Waals surface area contributed by atoms with Crippen LogP contribution in [0.15, 0.2) is 28.9 Å². The van der Waals surface area contributed by atoms with Crippen molar-refractivity contribution in [3.63, 3.8) is 0 Å². The van der Waals surface area contributed by atoms with Crippen LogP contribution in [0, 0.1) is 22.7 Å². The molecule has 4 aliphatic carbocycles. The van der Waals surface area contributed by atoms with Gasteiger partial charge in [-0.25, -0.2) is 0 Å². The maximum absolute atomic E-state index is 12.6. The Kier molecular flexibility index (Phi) is 11.0. The zero-order valence-corrected chi connectivity index (χ0v) is 27.0. The third-order valence-corrected chi connectivity index (χ3v) is 12.3. The Morgan fingerprint density at radius 1 is 0.976 bits per heavy atom. The molecule has 0 aliphatic heterocycles. The molecule has 42 heavy (non-hydrogen) atoms. The van der Waals surface area contributed by atoms with Crippen LogP contribution in [0.1, 0.15) is 166 Å². The van der Waals surface area contributed by atoms with Crippen molar-refractivity contribution in [2.24, 2.45) is 22.7 Å². The fourth-order valence-corrected chi connectivity index (χ4v) is 10.1. The predicted molar refractivity (Wildman–Crippen MR) is 170 cm³/mol. The van der Waals surface area contributed by atoms with E-state index in [1.54, 1.807) is 0 Å². The number of allylic oxidation sites excluding steroid dienone is 2. The number of aryl methyl sites for hydroxylation is 1. The Balaban J connectivity index is 0.962. The average molecular weight is 581 g/mol. The maximum atomic E-state index is 12.6. The van der Waals surface area contributed by atoms with E-state index in [0.717, 1.165) is 38.5 Å². The van der Waals surface area contributed by atoms with Crippen LogP contribution < -0.4 is 0 Å². The van der Waals surface area contributed by atoms with E-state index in [-0.39, 0.29) is 29.3 Å². The number of carbonyl (C=O) groups excluding carboxylic acids is 1. The van der Waals surface area contributed by atoms with Crippen molar-refractivity contribution in [1.29, 1.82) is 0 Å². The highest BCUT2D eigenvalue weighted by molar-refractivity contribution is 5.69. The quantitative estimate of drug-likeness (QED) is 0.113. The molecule has 1 spiro atoms. The van der Waals surface area contributed by atoms with Gasteiger partial charge in [0, 0.05) is 12.8 Å². The van der Waals surface area contributed by atoms with Gasteiger partial charge < -0.3 is 14.3 Å². The molecule has 0 saturated heterocycles. The summed E-state index contributed by atoms with van der Waals surface area (Å²) in [5.74, 6) is 2.60. The molecule has 3 saturated carbocycles. The fraction of sp³-hybridized carbons (Fsp3) is 0.816. The average Bonchev–Trinajstić information content (AvgIpc) is 3.54. The van der Waals surface area contributed by atoms with Gasteiger partial charge in [-0.3, -0.25) is 4.79 Å². The third kappa shape index (κ3) is 7.05. The van der Waals surface area contributed by atoms with Crippen molar-refractivity contribution in [3.8, 4) is 0 Å². The minimum Gasteiger partial charge on any atom is -0.469 e. The Labute approximate surface area is 256 Å². The van der Waals surface area contributed by atoms with E-state index in [1.165, 1.54) is 108 Å². The topological polar surface area (TPSA) is 59.7 Å². The van der Waals surface area contributed by atoms with Crippen LogP contribution in [0.2, 0.25) is 0 Å². The van der Waals surface area contributed by atoms with E-state index in [0.29, 0.717) is 18.3 Å². The van der Waals surface area contributed by atoms with E-state index in [2.05, 4.69) is 32.1 Å². The van der Waals surface area contributed by atoms with Gasteiger partial charge in [-0.05, 0) is 117 Å². The van der Waals surface area contributed by atoms with Crippen molar-refractivity contribution in [3.05, 3.63) is 35.8 Å². The second-order valence-electron chi connectivity index (χ2n) is 15.1. The third-order valence-electron chi connectivity index (χ3n) is 12.3. The van der Waals surface area contributed by atoms with Gasteiger partial charge in [0.1, 0.15) is 18.0 Å². The number of aliphatic hydroxyl groups is 1. The van der Waals surface area contributed by atoms with Crippen molar-refractivity contribution in [2.45, 2.75) is 167 Å². The standard InChI is InChI=1S/C38H60O4/c1-3-4-5-6-7-8-9-10-11-12-13-14-15-16-17-18-35(39)42-29-38(40)28-37-25-21-32-31-23-26-41-33(31)22-24-36(32,2)34(37)20-19-30(38)27-37/h10-11,23,26,30,32,34,40H,3-9,12-22,24-25,27-29H2,1-2H3/b11-10-/t30-,32-,34+,36-,37+,38+/m1/s1. The molecule has 5 rings (SSSR count). The number of furan rings is 1. The highest BCUT2D eigenvalue weighted by Crippen LogP contribution is 2.72. The van der Waals surface area contributed by atoms with Gasteiger partial charge in [0.15, 0.2) is 0 Å². The second-order valence-corrected chi connectivity index (χ2v) is 15.1. The SMILES string of the molecule is CCCCCCCC/C=C\CCCCCCCC(=O)OC[C@@]1(O)C[C@@]23CC[C@@H]4c5ccoc5CC[C@@]4(C)[C@@H]2CC[C@@H]1C3. The van der Waals surface area contributed by atoms with Gasteiger partial charge in [0.05, 0.1) is 6.26 Å². The lowest BCUT2D eigenvalue weighted by atomic mass is 9.45. The number of carbonyl (C=O) groups is 1. The molecule has 1 aromatic heterocycles. The molecule has 4 nitrogen and oxygen atoms in total. The molecule has 0 radical (unpaired) electrons. The number of ether oxygens (including phenoxy) is 1. The summed E-state index contributed by atoms with van der Waals surface area (Å²) in [7, 11) is 0. The normalized spacial score (nSPS) is 33.4. The predicted octanol–water partition coefficient (Wildman–Crippen LogP) is 10.2. The van der Waals surface area contributed by atoms with Crippen LogP contribution in [0.4, 0.5) is 0 Å². The molecule has 6 atom stereocenters. The number of unbranched alkanes of at least 4 members (excludes halogenated alkanes) is 11. The molecule has 2 bridgehead atoms. The minimum absolute atomic E-state index is 0.119. The van der Waals surface area contributed by atoms with Crippen LogP contribution in [-0.4, -0.2) is 23.3 Å². The molecule has 4 aliphatic rings. The fourth-order valence-electron chi connectivity index (χ4n) is 10.1. The lowest BCUT2D eigenvalue weighted by molar-refractivity contribution is -0.154. The number of rotatable bonds is 17. The zero-order chi connectivity index (χ0) is 29.5. The Hall–Kier alpha value is -1.55. The first-order valence-corrected chi connectivity index (χ1v) is 18.0. The van der Waals surface area contributed by atoms with Crippen LogP contribution in [-0.2, 0) is 16.0 Å². The number of fused-ring (bicyclic) bond motifs is 5. The molecular formula is C38H60O4. The highest BCUT2D eigenvalue weighted by Gasteiger charge is 2.66. The van der Waals surface area contributed by atoms with Crippen molar-refractivity contribution >= 4 is 5.97 Å². The van der Waals surface area contributed by atoms with E-state index in [4.69, 9.17) is 9.15 Å². The summed E-state index contributed by atoms with van der Waals surface area (Å²) < 4.78 is 11.6. The highest BCUT2D eigenvalue weighted by atomic mass is 16.5. The minimum atomic E-state index is -0.842. The van der Waals surface area contributed by atoms with Crippen LogP contribution in [0.5, 0.6) is 0 Å². The molecule has 4 heteroatoms. The summed E-state index contributed by atoms with van der Waals surface area (Å²) in [5.41, 5.74) is 1.11. The summed E-state index contributed by atoms with van der Waals surface area (Å²) >= 11 is 0. The molecule has 1 N–H and O–H groups in total. The molecule has 3 fully saturated rings. The smallest absolute Gasteiger partial charge is 0.305 e. The summed E-state index contributed by atoms with van der Waals surface area (Å²) in [6.45, 7) is 5.00. The number of hydrogen-bond acceptors (Lipinski definition) is 4. The monoisotopic (exact) mass is 580 g/mol. The lowest BCUT2D eigenvalue weighted by Crippen LogP contribution is -2.51. The zero-order valence-electron chi connectivity index (χ0n) is 27.0. The van der Waals surface area contributed by atoms with Gasteiger partial charge >= 0.3 is 5.97 Å². The van der Waals surface area contributed by atoms with Crippen LogP contribution in [0.25, 0.3) is 0 Å². The first-order chi connectivity index (χ1) is 20.4. The number of hydrogen-bond donors (Lipinski definition) is 1. The molecular weight excluding hydrogens is 520 g/mol.